The topological polar surface area (TPSA) is 44.0 Å². The van der Waals surface area contributed by atoms with Crippen LogP contribution >= 0.6 is 0 Å². The molecule has 2 heteroatoms. The minimum atomic E-state index is -0.808. The Labute approximate surface area is 124 Å². The van der Waals surface area contributed by atoms with Crippen molar-refractivity contribution in [3.63, 3.8) is 0 Å². The Balaban J connectivity index is 2.38. The molecule has 2 fully saturated rings. The molecule has 0 atom stereocenters. The third-order valence-corrected chi connectivity index (χ3v) is 5.56. The van der Waals surface area contributed by atoms with Gasteiger partial charge in [-0.25, -0.2) is 0 Å². The van der Waals surface area contributed by atoms with E-state index in [0.717, 1.165) is 44.9 Å². The Bertz CT molecular complexity index is 378. The number of hydrogen-bond donors (Lipinski definition) is 1. The number of aliphatic hydroxyl groups is 1. The van der Waals surface area contributed by atoms with Crippen LogP contribution in [0.2, 0.25) is 0 Å². The lowest BCUT2D eigenvalue weighted by Crippen LogP contribution is -2.56. The molecule has 0 heterocycles. The molecule has 2 rings (SSSR count). The van der Waals surface area contributed by atoms with Crippen LogP contribution in [0.1, 0.15) is 85.5 Å². The second-order valence-electron chi connectivity index (χ2n) is 9.00. The van der Waals surface area contributed by atoms with Crippen molar-refractivity contribution in [2.75, 3.05) is 0 Å². The fraction of sp³-hybridized carbons (Fsp3) is 0.944. The lowest BCUT2D eigenvalue weighted by Gasteiger charge is -2.55. The fourth-order valence-electron chi connectivity index (χ4n) is 5.42. The van der Waals surface area contributed by atoms with E-state index in [-0.39, 0.29) is 10.8 Å². The molecule has 1 N–H and O–H groups in total. The van der Waals surface area contributed by atoms with Crippen LogP contribution in [0.5, 0.6) is 0 Å². The van der Waals surface area contributed by atoms with Crippen molar-refractivity contribution < 1.29 is 5.11 Å². The summed E-state index contributed by atoms with van der Waals surface area (Å²) in [7, 11) is 0. The fourth-order valence-corrected chi connectivity index (χ4v) is 5.42. The molecule has 0 unspecified atom stereocenters. The Morgan fingerprint density at radius 3 is 1.65 bits per heavy atom. The number of nitrogens with zero attached hydrogens (tertiary/aromatic N) is 1. The van der Waals surface area contributed by atoms with Crippen LogP contribution in [0.15, 0.2) is 0 Å². The molecule has 0 aromatic rings. The normalized spacial score (nSPS) is 31.0. The maximum absolute atomic E-state index is 11.5. The molecule has 20 heavy (non-hydrogen) atoms. The summed E-state index contributed by atoms with van der Waals surface area (Å²) >= 11 is 0. The summed E-state index contributed by atoms with van der Waals surface area (Å²) in [4.78, 5) is 0. The van der Waals surface area contributed by atoms with Gasteiger partial charge in [0, 0.05) is 0 Å². The van der Waals surface area contributed by atoms with E-state index in [1.807, 2.05) is 0 Å². The molecule has 0 aliphatic heterocycles. The molecule has 2 saturated carbocycles. The second-order valence-corrected chi connectivity index (χ2v) is 9.00. The van der Waals surface area contributed by atoms with Crippen molar-refractivity contribution in [2.24, 2.45) is 16.2 Å². The SMILES string of the molecule is CC1(C)CC(C)(C)CC(O)(C2(C#N)CCCCCC2)C1. The van der Waals surface area contributed by atoms with Crippen molar-refractivity contribution in [3.05, 3.63) is 0 Å². The zero-order valence-electron chi connectivity index (χ0n) is 13.8. The lowest BCUT2D eigenvalue weighted by atomic mass is 9.51. The van der Waals surface area contributed by atoms with E-state index < -0.39 is 11.0 Å². The lowest BCUT2D eigenvalue weighted by molar-refractivity contribution is -0.150. The first-order valence-corrected chi connectivity index (χ1v) is 8.28. The minimum absolute atomic E-state index is 0.118. The van der Waals surface area contributed by atoms with Crippen molar-refractivity contribution in [2.45, 2.75) is 91.1 Å². The smallest absolute Gasteiger partial charge is 0.0860 e. The van der Waals surface area contributed by atoms with Gasteiger partial charge in [-0.1, -0.05) is 53.4 Å². The predicted molar refractivity (Wildman–Crippen MR) is 82.1 cm³/mol. The van der Waals surface area contributed by atoms with E-state index in [1.165, 1.54) is 12.8 Å². The minimum Gasteiger partial charge on any atom is -0.388 e. The number of hydrogen-bond acceptors (Lipinski definition) is 2. The van der Waals surface area contributed by atoms with Crippen LogP contribution in [0, 0.1) is 27.6 Å². The van der Waals surface area contributed by atoms with Gasteiger partial charge in [-0.05, 0) is 42.9 Å². The molecule has 2 nitrogen and oxygen atoms in total. The average molecular weight is 277 g/mol. The van der Waals surface area contributed by atoms with Gasteiger partial charge in [-0.15, -0.1) is 0 Å². The third kappa shape index (κ3) is 2.89. The Hall–Kier alpha value is -0.550. The Morgan fingerprint density at radius 1 is 0.800 bits per heavy atom. The van der Waals surface area contributed by atoms with Gasteiger partial charge >= 0.3 is 0 Å². The van der Waals surface area contributed by atoms with Crippen LogP contribution in [0.3, 0.4) is 0 Å². The first-order valence-electron chi connectivity index (χ1n) is 8.28. The second kappa shape index (κ2) is 5.02. The van der Waals surface area contributed by atoms with Crippen molar-refractivity contribution in [1.29, 1.82) is 5.26 Å². The zero-order valence-corrected chi connectivity index (χ0v) is 13.8. The van der Waals surface area contributed by atoms with Crippen molar-refractivity contribution in [3.8, 4) is 6.07 Å². The molecule has 0 radical (unpaired) electrons. The summed E-state index contributed by atoms with van der Waals surface area (Å²) in [5, 5.41) is 21.4. The van der Waals surface area contributed by atoms with Crippen molar-refractivity contribution in [1.82, 2.24) is 0 Å². The van der Waals surface area contributed by atoms with Crippen LogP contribution in [-0.4, -0.2) is 10.7 Å². The van der Waals surface area contributed by atoms with Gasteiger partial charge in [0.25, 0.3) is 0 Å². The molecule has 114 valence electrons. The standard InChI is InChI=1S/C18H31NO/c1-15(2)11-16(3,4)13-18(20,12-15)17(14-19)9-7-5-6-8-10-17/h20H,5-13H2,1-4H3. The van der Waals surface area contributed by atoms with Crippen molar-refractivity contribution >= 4 is 0 Å². The predicted octanol–water partition coefficient (Wildman–Crippen LogP) is 4.82. The molecule has 2 aliphatic carbocycles. The Kier molecular flexibility index (Phi) is 3.97. The van der Waals surface area contributed by atoms with Gasteiger partial charge < -0.3 is 5.11 Å². The third-order valence-electron chi connectivity index (χ3n) is 5.56. The van der Waals surface area contributed by atoms with E-state index in [4.69, 9.17) is 0 Å². The van der Waals surface area contributed by atoms with E-state index in [1.54, 1.807) is 0 Å². The molecule has 0 bridgehead atoms. The summed E-state index contributed by atoms with van der Waals surface area (Å²) in [5.74, 6) is 0. The van der Waals surface area contributed by atoms with E-state index in [2.05, 4.69) is 33.8 Å². The molecule has 0 saturated heterocycles. The summed E-state index contributed by atoms with van der Waals surface area (Å²) < 4.78 is 0. The van der Waals surface area contributed by atoms with Crippen LogP contribution in [0.25, 0.3) is 0 Å². The van der Waals surface area contributed by atoms with E-state index >= 15 is 0 Å². The molecule has 0 aromatic carbocycles. The van der Waals surface area contributed by atoms with E-state index in [9.17, 15) is 10.4 Å². The number of nitriles is 1. The first kappa shape index (κ1) is 15.8. The van der Waals surface area contributed by atoms with Gasteiger partial charge in [-0.2, -0.15) is 5.26 Å². The van der Waals surface area contributed by atoms with Gasteiger partial charge in [-0.3, -0.25) is 0 Å². The largest absolute Gasteiger partial charge is 0.388 e. The molecular formula is C18H31NO. The average Bonchev–Trinajstić information content (AvgIpc) is 2.49. The van der Waals surface area contributed by atoms with Gasteiger partial charge in [0.15, 0.2) is 0 Å². The van der Waals surface area contributed by atoms with Gasteiger partial charge in [0.2, 0.25) is 0 Å². The van der Waals surface area contributed by atoms with Crippen LogP contribution < -0.4 is 0 Å². The monoisotopic (exact) mass is 277 g/mol. The Morgan fingerprint density at radius 2 is 1.25 bits per heavy atom. The van der Waals surface area contributed by atoms with Gasteiger partial charge in [0.05, 0.1) is 17.1 Å². The molecule has 0 amide bonds. The highest BCUT2D eigenvalue weighted by atomic mass is 16.3. The molecule has 0 aromatic heterocycles. The zero-order chi connectivity index (χ0) is 15.1. The van der Waals surface area contributed by atoms with Crippen LogP contribution in [0.4, 0.5) is 0 Å². The summed E-state index contributed by atoms with van der Waals surface area (Å²) in [5.41, 5.74) is -1.09. The molecule has 0 spiro atoms. The summed E-state index contributed by atoms with van der Waals surface area (Å²) in [6, 6.07) is 2.59. The van der Waals surface area contributed by atoms with E-state index in [0.29, 0.717) is 0 Å². The highest BCUT2D eigenvalue weighted by Gasteiger charge is 2.57. The first-order chi connectivity index (χ1) is 9.14. The van der Waals surface area contributed by atoms with Crippen LogP contribution in [-0.2, 0) is 0 Å². The van der Waals surface area contributed by atoms with Gasteiger partial charge in [0.1, 0.15) is 0 Å². The highest BCUT2D eigenvalue weighted by molar-refractivity contribution is 5.16. The molecule has 2 aliphatic rings. The quantitative estimate of drug-likeness (QED) is 0.698. The summed E-state index contributed by atoms with van der Waals surface area (Å²) in [6.45, 7) is 9.00. The molecular weight excluding hydrogens is 246 g/mol. The number of rotatable bonds is 1. The maximum atomic E-state index is 11.5. The highest BCUT2D eigenvalue weighted by Crippen LogP contribution is 2.58. The maximum Gasteiger partial charge on any atom is 0.0860 e. The summed E-state index contributed by atoms with van der Waals surface area (Å²) in [6.07, 6.45) is 9.06.